The molecule has 0 aliphatic heterocycles. The summed E-state index contributed by atoms with van der Waals surface area (Å²) in [6.45, 7) is 0. The first-order chi connectivity index (χ1) is 9.93. The van der Waals surface area contributed by atoms with Crippen LogP contribution in [-0.4, -0.2) is 0 Å². The molecule has 25 heavy (non-hydrogen) atoms. The molecular weight excluding hydrogens is 400 g/mol. The SMILES string of the molecule is [Fe+3].[Fe+3].[O-2].[O-2].[O-2].c1ccc2ccccc2c1.c1ccc2ccccc2c1. The van der Waals surface area contributed by atoms with Crippen LogP contribution in [-0.2, 0) is 50.6 Å². The second-order valence-corrected chi connectivity index (χ2v) is 4.69. The summed E-state index contributed by atoms with van der Waals surface area (Å²) in [5.41, 5.74) is 0. The first-order valence-corrected chi connectivity index (χ1v) is 6.81. The first-order valence-electron chi connectivity index (χ1n) is 6.81. The first kappa shape index (κ1) is 28.1. The van der Waals surface area contributed by atoms with E-state index in [2.05, 4.69) is 97.1 Å². The van der Waals surface area contributed by atoms with Gasteiger partial charge in [0, 0.05) is 0 Å². The summed E-state index contributed by atoms with van der Waals surface area (Å²) in [4.78, 5) is 0. The third kappa shape index (κ3) is 7.82. The smallest absolute Gasteiger partial charge is 2.00 e. The third-order valence-electron chi connectivity index (χ3n) is 3.32. The van der Waals surface area contributed by atoms with Crippen LogP contribution < -0.4 is 0 Å². The molecule has 0 spiro atoms. The van der Waals surface area contributed by atoms with Crippen molar-refractivity contribution in [3.05, 3.63) is 97.1 Å². The van der Waals surface area contributed by atoms with E-state index in [1.165, 1.54) is 21.5 Å². The molecule has 0 atom stereocenters. The van der Waals surface area contributed by atoms with Crippen LogP contribution in [0.1, 0.15) is 0 Å². The maximum absolute atomic E-state index is 2.12. The molecule has 0 N–H and O–H groups in total. The van der Waals surface area contributed by atoms with E-state index < -0.39 is 0 Å². The van der Waals surface area contributed by atoms with Gasteiger partial charge in [-0.25, -0.2) is 0 Å². The van der Waals surface area contributed by atoms with Crippen molar-refractivity contribution in [3.8, 4) is 0 Å². The summed E-state index contributed by atoms with van der Waals surface area (Å²) in [6, 6.07) is 33.4. The van der Waals surface area contributed by atoms with Crippen LogP contribution >= 0.6 is 0 Å². The minimum absolute atomic E-state index is 0. The van der Waals surface area contributed by atoms with E-state index in [9.17, 15) is 0 Å². The van der Waals surface area contributed by atoms with Gasteiger partial charge in [-0.2, -0.15) is 0 Å². The summed E-state index contributed by atoms with van der Waals surface area (Å²) in [5, 5.41) is 5.24. The van der Waals surface area contributed by atoms with Gasteiger partial charge >= 0.3 is 34.1 Å². The van der Waals surface area contributed by atoms with E-state index in [0.717, 1.165) is 0 Å². The number of rotatable bonds is 0. The fourth-order valence-corrected chi connectivity index (χ4v) is 2.27. The molecule has 4 aromatic carbocycles. The van der Waals surface area contributed by atoms with Gasteiger partial charge in [0.05, 0.1) is 0 Å². The molecule has 0 aliphatic rings. The predicted molar refractivity (Wildman–Crippen MR) is 90.0 cm³/mol. The Labute approximate surface area is 168 Å². The van der Waals surface area contributed by atoms with Crippen LogP contribution in [0, 0.1) is 0 Å². The van der Waals surface area contributed by atoms with Crippen LogP contribution in [0.15, 0.2) is 97.1 Å². The largest absolute Gasteiger partial charge is 3.00 e. The Hall–Kier alpha value is -1.68. The molecule has 0 amide bonds. The van der Waals surface area contributed by atoms with Crippen LogP contribution in [0.25, 0.3) is 21.5 Å². The summed E-state index contributed by atoms with van der Waals surface area (Å²) in [5.74, 6) is 0. The van der Waals surface area contributed by atoms with E-state index in [1.54, 1.807) is 0 Å². The predicted octanol–water partition coefficient (Wildman–Crippen LogP) is 5.32. The number of hydrogen-bond donors (Lipinski definition) is 0. The number of benzene rings is 4. The van der Waals surface area contributed by atoms with Gasteiger partial charge in [0.1, 0.15) is 0 Å². The molecule has 3 nitrogen and oxygen atoms in total. The molecule has 0 aromatic heterocycles. The van der Waals surface area contributed by atoms with Crippen molar-refractivity contribution in [2.45, 2.75) is 0 Å². The van der Waals surface area contributed by atoms with Crippen molar-refractivity contribution < 1.29 is 50.6 Å². The summed E-state index contributed by atoms with van der Waals surface area (Å²) in [7, 11) is 0. The Morgan fingerprint density at radius 3 is 0.520 bits per heavy atom. The number of hydrogen-bond acceptors (Lipinski definition) is 0. The molecule has 2 radical (unpaired) electrons. The van der Waals surface area contributed by atoms with Crippen molar-refractivity contribution >= 4 is 21.5 Å². The molecule has 4 rings (SSSR count). The van der Waals surface area contributed by atoms with Gasteiger partial charge < -0.3 is 16.4 Å². The molecule has 0 heterocycles. The molecule has 0 bridgehead atoms. The molecule has 0 saturated heterocycles. The Morgan fingerprint density at radius 1 is 0.280 bits per heavy atom. The fraction of sp³-hybridized carbons (Fsp3) is 0. The van der Waals surface area contributed by atoms with Gasteiger partial charge in [0.15, 0.2) is 0 Å². The van der Waals surface area contributed by atoms with Crippen LogP contribution in [0.2, 0.25) is 0 Å². The second kappa shape index (κ2) is 14.6. The monoisotopic (exact) mass is 416 g/mol. The van der Waals surface area contributed by atoms with Crippen LogP contribution in [0.5, 0.6) is 0 Å². The van der Waals surface area contributed by atoms with Crippen molar-refractivity contribution in [2.24, 2.45) is 0 Å². The van der Waals surface area contributed by atoms with Crippen molar-refractivity contribution in [2.75, 3.05) is 0 Å². The molecule has 4 aromatic rings. The minimum Gasteiger partial charge on any atom is -2.00 e. The van der Waals surface area contributed by atoms with Crippen molar-refractivity contribution in [1.29, 1.82) is 0 Å². The maximum Gasteiger partial charge on any atom is 3.00 e. The molecule has 0 unspecified atom stereocenters. The van der Waals surface area contributed by atoms with E-state index in [-0.39, 0.29) is 50.6 Å². The van der Waals surface area contributed by atoms with E-state index >= 15 is 0 Å². The Bertz CT molecular complexity index is 636. The van der Waals surface area contributed by atoms with Gasteiger partial charge in [-0.05, 0) is 21.5 Å². The Balaban J connectivity index is -0.000000323. The zero-order valence-electron chi connectivity index (χ0n) is 13.2. The van der Waals surface area contributed by atoms with Gasteiger partial charge in [-0.15, -0.1) is 0 Å². The zero-order valence-corrected chi connectivity index (χ0v) is 15.4. The summed E-state index contributed by atoms with van der Waals surface area (Å²) in [6.07, 6.45) is 0. The molecular formula is C20H16Fe2O3. The van der Waals surface area contributed by atoms with Gasteiger partial charge in [-0.3, -0.25) is 0 Å². The average molecular weight is 416 g/mol. The van der Waals surface area contributed by atoms with Crippen molar-refractivity contribution in [1.82, 2.24) is 0 Å². The minimum atomic E-state index is 0. The van der Waals surface area contributed by atoms with Gasteiger partial charge in [0.2, 0.25) is 0 Å². The van der Waals surface area contributed by atoms with Crippen LogP contribution in [0.3, 0.4) is 0 Å². The van der Waals surface area contributed by atoms with Crippen molar-refractivity contribution in [3.63, 3.8) is 0 Å². The molecule has 0 fully saturated rings. The molecule has 0 saturated carbocycles. The average Bonchev–Trinajstić information content (AvgIpc) is 2.56. The topological polar surface area (TPSA) is 85.5 Å². The van der Waals surface area contributed by atoms with E-state index in [0.29, 0.717) is 0 Å². The zero-order chi connectivity index (χ0) is 13.6. The second-order valence-electron chi connectivity index (χ2n) is 4.69. The van der Waals surface area contributed by atoms with E-state index in [4.69, 9.17) is 0 Å². The summed E-state index contributed by atoms with van der Waals surface area (Å²) >= 11 is 0. The number of fused-ring (bicyclic) bond motifs is 2. The molecule has 5 heteroatoms. The molecule has 130 valence electrons. The quantitative estimate of drug-likeness (QED) is 0.348. The normalized spacial score (nSPS) is 8.00. The molecule has 0 aliphatic carbocycles. The summed E-state index contributed by atoms with van der Waals surface area (Å²) < 4.78 is 0. The fourth-order valence-electron chi connectivity index (χ4n) is 2.27. The maximum atomic E-state index is 2.12. The Morgan fingerprint density at radius 2 is 0.400 bits per heavy atom. The standard InChI is InChI=1S/2C10H8.2Fe.3O/c2*1-2-6-10-8-4-3-7-9(10)5-1;;;;;/h2*1-8H;;;;;/q;;2*+3;3*-2. The third-order valence-corrected chi connectivity index (χ3v) is 3.32. The van der Waals surface area contributed by atoms with Gasteiger partial charge in [-0.1, -0.05) is 97.1 Å². The van der Waals surface area contributed by atoms with Crippen LogP contribution in [0.4, 0.5) is 0 Å². The van der Waals surface area contributed by atoms with E-state index in [1.807, 2.05) is 0 Å². The van der Waals surface area contributed by atoms with Gasteiger partial charge in [0.25, 0.3) is 0 Å². The Kier molecular flexibility index (Phi) is 16.5.